The summed E-state index contributed by atoms with van der Waals surface area (Å²) < 4.78 is 1.56. The molecule has 0 spiro atoms. The van der Waals surface area contributed by atoms with Gasteiger partial charge in [0.2, 0.25) is 0 Å². The first-order chi connectivity index (χ1) is 6.22. The van der Waals surface area contributed by atoms with Crippen LogP contribution in [0.4, 0.5) is 0 Å². The van der Waals surface area contributed by atoms with Gasteiger partial charge in [0.25, 0.3) is 0 Å². The monoisotopic (exact) mass is 176 g/mol. The van der Waals surface area contributed by atoms with Crippen molar-refractivity contribution in [2.75, 3.05) is 0 Å². The van der Waals surface area contributed by atoms with Crippen LogP contribution in [-0.4, -0.2) is 20.9 Å². The van der Waals surface area contributed by atoms with Crippen molar-refractivity contribution in [2.24, 2.45) is 0 Å². The van der Waals surface area contributed by atoms with Gasteiger partial charge in [0.15, 0.2) is 0 Å². The average Bonchev–Trinajstić information content (AvgIpc) is 2.50. The number of carbonyl (C=O) groups is 1. The maximum Gasteiger partial charge on any atom is 0.328 e. The Morgan fingerprint density at radius 2 is 2.62 bits per heavy atom. The van der Waals surface area contributed by atoms with Gasteiger partial charge >= 0.3 is 5.97 Å². The zero-order chi connectivity index (χ0) is 9.68. The second-order valence-electron chi connectivity index (χ2n) is 2.35. The third-order valence-electron chi connectivity index (χ3n) is 1.32. The average molecular weight is 176 g/mol. The summed E-state index contributed by atoms with van der Waals surface area (Å²) in [7, 11) is 0. The van der Waals surface area contributed by atoms with Gasteiger partial charge in [-0.3, -0.25) is 4.68 Å². The Morgan fingerprint density at radius 1 is 1.85 bits per heavy atom. The zero-order valence-electron chi connectivity index (χ0n) is 6.84. The maximum atomic E-state index is 10.2. The minimum absolute atomic E-state index is 0.390. The molecule has 0 unspecified atom stereocenters. The summed E-state index contributed by atoms with van der Waals surface area (Å²) in [6.07, 6.45) is 10.8. The molecule has 0 radical (unpaired) electrons. The third kappa shape index (κ3) is 2.83. The molecule has 1 aromatic rings. The number of terminal acetylenes is 1. The lowest BCUT2D eigenvalue weighted by molar-refractivity contribution is -0.131. The highest BCUT2D eigenvalue weighted by Gasteiger charge is 1.93. The van der Waals surface area contributed by atoms with Crippen molar-refractivity contribution >= 4 is 12.0 Å². The van der Waals surface area contributed by atoms with E-state index in [1.165, 1.54) is 6.08 Å². The van der Waals surface area contributed by atoms with Crippen molar-refractivity contribution in [3.8, 4) is 12.3 Å². The Balaban J connectivity index is 2.70. The Hall–Kier alpha value is -2.02. The molecular formula is C9H8N2O2. The van der Waals surface area contributed by atoms with E-state index in [-0.39, 0.29) is 0 Å². The highest BCUT2D eigenvalue weighted by atomic mass is 16.4. The van der Waals surface area contributed by atoms with Crippen LogP contribution in [0.15, 0.2) is 18.5 Å². The second kappa shape index (κ2) is 4.12. The van der Waals surface area contributed by atoms with Gasteiger partial charge in [0.05, 0.1) is 6.20 Å². The number of nitrogens with zero attached hydrogens (tertiary/aromatic N) is 2. The molecule has 13 heavy (non-hydrogen) atoms. The zero-order valence-corrected chi connectivity index (χ0v) is 6.84. The number of rotatable bonds is 3. The summed E-state index contributed by atoms with van der Waals surface area (Å²) in [6.45, 7) is 0.390. The van der Waals surface area contributed by atoms with Crippen molar-refractivity contribution in [3.05, 3.63) is 24.0 Å². The van der Waals surface area contributed by atoms with E-state index >= 15 is 0 Å². The molecular weight excluding hydrogens is 168 g/mol. The quantitative estimate of drug-likeness (QED) is 0.542. The van der Waals surface area contributed by atoms with Crippen LogP contribution in [-0.2, 0) is 11.3 Å². The van der Waals surface area contributed by atoms with Crippen molar-refractivity contribution in [1.29, 1.82) is 0 Å². The molecule has 4 heteroatoms. The predicted octanol–water partition coefficient (Wildman–Crippen LogP) is 0.614. The Labute approximate surface area is 75.5 Å². The highest BCUT2D eigenvalue weighted by Crippen LogP contribution is 1.99. The normalized spacial score (nSPS) is 10.1. The predicted molar refractivity (Wildman–Crippen MR) is 47.7 cm³/mol. The van der Waals surface area contributed by atoms with Gasteiger partial charge in [-0.05, 0) is 6.08 Å². The van der Waals surface area contributed by atoms with E-state index < -0.39 is 5.97 Å². The van der Waals surface area contributed by atoms with Crippen LogP contribution in [0.1, 0.15) is 5.56 Å². The van der Waals surface area contributed by atoms with E-state index in [1.54, 1.807) is 17.1 Å². The van der Waals surface area contributed by atoms with Gasteiger partial charge in [0.1, 0.15) is 6.54 Å². The third-order valence-corrected chi connectivity index (χ3v) is 1.32. The van der Waals surface area contributed by atoms with Gasteiger partial charge in [-0.1, -0.05) is 5.92 Å². The lowest BCUT2D eigenvalue weighted by atomic mass is 10.3. The van der Waals surface area contributed by atoms with E-state index in [4.69, 9.17) is 11.5 Å². The van der Waals surface area contributed by atoms with Crippen LogP contribution in [0, 0.1) is 12.3 Å². The molecule has 0 aromatic carbocycles. The largest absolute Gasteiger partial charge is 0.478 e. The fourth-order valence-electron chi connectivity index (χ4n) is 0.813. The topological polar surface area (TPSA) is 55.1 Å². The minimum atomic E-state index is -0.982. The summed E-state index contributed by atoms with van der Waals surface area (Å²) >= 11 is 0. The van der Waals surface area contributed by atoms with Gasteiger partial charge in [-0.15, -0.1) is 6.42 Å². The molecule has 1 N–H and O–H groups in total. The van der Waals surface area contributed by atoms with E-state index in [0.717, 1.165) is 11.6 Å². The van der Waals surface area contributed by atoms with Gasteiger partial charge < -0.3 is 5.11 Å². The molecule has 0 aliphatic rings. The molecule has 0 amide bonds. The maximum absolute atomic E-state index is 10.2. The van der Waals surface area contributed by atoms with Gasteiger partial charge in [0, 0.05) is 17.8 Å². The van der Waals surface area contributed by atoms with Gasteiger partial charge in [-0.25, -0.2) is 4.79 Å². The number of carboxylic acids is 1. The summed E-state index contributed by atoms with van der Waals surface area (Å²) in [5, 5.41) is 12.3. The number of hydrogen-bond donors (Lipinski definition) is 1. The second-order valence-corrected chi connectivity index (χ2v) is 2.35. The van der Waals surface area contributed by atoms with Crippen LogP contribution >= 0.6 is 0 Å². The smallest absolute Gasteiger partial charge is 0.328 e. The SMILES string of the molecule is C#CCn1cc(/C=C/C(=O)O)cn1. The van der Waals surface area contributed by atoms with E-state index in [2.05, 4.69) is 11.0 Å². The molecule has 66 valence electrons. The van der Waals surface area contributed by atoms with Crippen molar-refractivity contribution < 1.29 is 9.90 Å². The molecule has 1 aromatic heterocycles. The first-order valence-electron chi connectivity index (χ1n) is 3.59. The molecule has 0 aliphatic carbocycles. The molecule has 0 aliphatic heterocycles. The number of aromatic nitrogens is 2. The van der Waals surface area contributed by atoms with Crippen molar-refractivity contribution in [2.45, 2.75) is 6.54 Å². The Bertz CT molecular complexity index is 371. The molecule has 0 saturated carbocycles. The van der Waals surface area contributed by atoms with Crippen molar-refractivity contribution in [1.82, 2.24) is 9.78 Å². The van der Waals surface area contributed by atoms with Crippen LogP contribution in [0.3, 0.4) is 0 Å². The molecule has 0 saturated heterocycles. The fourth-order valence-corrected chi connectivity index (χ4v) is 0.813. The summed E-state index contributed by atoms with van der Waals surface area (Å²) in [4.78, 5) is 10.2. The van der Waals surface area contributed by atoms with Crippen LogP contribution in [0.25, 0.3) is 6.08 Å². The van der Waals surface area contributed by atoms with Crippen LogP contribution in [0.2, 0.25) is 0 Å². The fraction of sp³-hybridized carbons (Fsp3) is 0.111. The molecule has 1 heterocycles. The van der Waals surface area contributed by atoms with Crippen molar-refractivity contribution in [3.63, 3.8) is 0 Å². The number of carboxylic acid groups (broad SMARTS) is 1. The first kappa shape index (κ1) is 9.07. The molecule has 4 nitrogen and oxygen atoms in total. The lowest BCUT2D eigenvalue weighted by Gasteiger charge is -1.88. The summed E-state index contributed by atoms with van der Waals surface area (Å²) in [6, 6.07) is 0. The summed E-state index contributed by atoms with van der Waals surface area (Å²) in [5.74, 6) is 1.44. The number of hydrogen-bond acceptors (Lipinski definition) is 2. The minimum Gasteiger partial charge on any atom is -0.478 e. The van der Waals surface area contributed by atoms with Crippen LogP contribution in [0.5, 0.6) is 0 Å². The van der Waals surface area contributed by atoms with Crippen LogP contribution < -0.4 is 0 Å². The lowest BCUT2D eigenvalue weighted by Crippen LogP contribution is -1.93. The molecule has 0 atom stereocenters. The molecule has 1 rings (SSSR count). The van der Waals surface area contributed by atoms with E-state index in [0.29, 0.717) is 6.54 Å². The summed E-state index contributed by atoms with van der Waals surface area (Å²) in [5.41, 5.74) is 0.720. The Kier molecular flexibility index (Phi) is 2.87. The Morgan fingerprint density at radius 3 is 3.23 bits per heavy atom. The van der Waals surface area contributed by atoms with Gasteiger partial charge in [-0.2, -0.15) is 5.10 Å². The molecule has 0 bridgehead atoms. The standard InChI is InChI=1S/C9H8N2O2/c1-2-5-11-7-8(6-10-11)3-4-9(12)13/h1,3-4,6-7H,5H2,(H,12,13)/b4-3+. The highest BCUT2D eigenvalue weighted by molar-refractivity contribution is 5.85. The first-order valence-corrected chi connectivity index (χ1v) is 3.59. The van der Waals surface area contributed by atoms with E-state index in [1.807, 2.05) is 0 Å². The number of aliphatic carboxylic acids is 1. The molecule has 0 fully saturated rings. The van der Waals surface area contributed by atoms with E-state index in [9.17, 15) is 4.79 Å².